The normalized spacial score (nSPS) is 16.2. The zero-order valence-electron chi connectivity index (χ0n) is 19.2. The number of pyridine rings is 1. The summed E-state index contributed by atoms with van der Waals surface area (Å²) in [5.74, 6) is 0.604. The molecule has 9 nitrogen and oxygen atoms in total. The second-order valence-electron chi connectivity index (χ2n) is 8.90. The van der Waals surface area contributed by atoms with Crippen LogP contribution in [0.5, 0.6) is 0 Å². The van der Waals surface area contributed by atoms with Crippen molar-refractivity contribution in [3.8, 4) is 0 Å². The smallest absolute Gasteiger partial charge is 0.404 e. The molecule has 3 heterocycles. The first-order valence-corrected chi connectivity index (χ1v) is 11.9. The van der Waals surface area contributed by atoms with E-state index in [0.717, 1.165) is 23.8 Å². The minimum Gasteiger partial charge on any atom is -0.465 e. The fourth-order valence-electron chi connectivity index (χ4n) is 4.91. The maximum Gasteiger partial charge on any atom is 0.404 e. The van der Waals surface area contributed by atoms with Gasteiger partial charge in [-0.15, -0.1) is 0 Å². The van der Waals surface area contributed by atoms with E-state index in [0.29, 0.717) is 52.7 Å². The molecule has 4 aromatic rings. The summed E-state index contributed by atoms with van der Waals surface area (Å²) >= 11 is 6.48. The number of rotatable bonds is 5. The minimum atomic E-state index is -1.05. The van der Waals surface area contributed by atoms with Crippen molar-refractivity contribution in [1.29, 1.82) is 0 Å². The second kappa shape index (κ2) is 9.24. The van der Waals surface area contributed by atoms with Gasteiger partial charge in [-0.05, 0) is 36.1 Å². The van der Waals surface area contributed by atoms with Crippen molar-refractivity contribution in [3.05, 3.63) is 69.0 Å². The molecular formula is C25H26ClN5O4. The number of piperidine rings is 1. The predicted molar refractivity (Wildman–Crippen MR) is 135 cm³/mol. The zero-order valence-corrected chi connectivity index (χ0v) is 20.0. The van der Waals surface area contributed by atoms with Gasteiger partial charge in [0, 0.05) is 36.6 Å². The van der Waals surface area contributed by atoms with Crippen molar-refractivity contribution in [2.24, 2.45) is 7.05 Å². The van der Waals surface area contributed by atoms with E-state index in [1.54, 1.807) is 17.7 Å². The molecule has 5 rings (SSSR count). The number of fused-ring (bicyclic) bond motifs is 3. The fraction of sp³-hybridized carbons (Fsp3) is 0.320. The van der Waals surface area contributed by atoms with Gasteiger partial charge in [-0.3, -0.25) is 4.79 Å². The van der Waals surface area contributed by atoms with Crippen LogP contribution >= 0.6 is 11.6 Å². The van der Waals surface area contributed by atoms with Crippen molar-refractivity contribution >= 4 is 45.6 Å². The first-order chi connectivity index (χ1) is 16.9. The number of anilines is 1. The lowest BCUT2D eigenvalue weighted by Crippen LogP contribution is -2.48. The lowest BCUT2D eigenvalue weighted by molar-refractivity contribution is 0.188. The van der Waals surface area contributed by atoms with Crippen molar-refractivity contribution in [2.75, 3.05) is 18.0 Å². The van der Waals surface area contributed by atoms with E-state index in [-0.39, 0.29) is 18.2 Å². The number of hydrogen-bond donors (Lipinski definition) is 3. The van der Waals surface area contributed by atoms with Gasteiger partial charge in [0.25, 0.3) is 5.56 Å². The van der Waals surface area contributed by atoms with Gasteiger partial charge in [-0.2, -0.15) is 0 Å². The van der Waals surface area contributed by atoms with Gasteiger partial charge in [0.15, 0.2) is 0 Å². The molecule has 0 unspecified atom stereocenters. The molecule has 2 aromatic heterocycles. The number of carboxylic acid groups (broad SMARTS) is 1. The van der Waals surface area contributed by atoms with Gasteiger partial charge in [-0.25, -0.2) is 9.78 Å². The van der Waals surface area contributed by atoms with E-state index in [1.165, 1.54) is 0 Å². The van der Waals surface area contributed by atoms with E-state index in [4.69, 9.17) is 16.6 Å². The Morgan fingerprint density at radius 3 is 2.80 bits per heavy atom. The second-order valence-corrected chi connectivity index (χ2v) is 9.30. The molecule has 1 aliphatic heterocycles. The molecule has 2 aromatic carbocycles. The Kier molecular flexibility index (Phi) is 6.12. The van der Waals surface area contributed by atoms with Crippen LogP contribution in [0, 0.1) is 0 Å². The molecular weight excluding hydrogens is 470 g/mol. The van der Waals surface area contributed by atoms with Crippen LogP contribution in [0.1, 0.15) is 24.0 Å². The van der Waals surface area contributed by atoms with Gasteiger partial charge in [-0.1, -0.05) is 41.9 Å². The van der Waals surface area contributed by atoms with E-state index in [1.807, 2.05) is 45.9 Å². The Hall–Kier alpha value is -3.56. The molecule has 0 spiro atoms. The highest BCUT2D eigenvalue weighted by atomic mass is 35.5. The summed E-state index contributed by atoms with van der Waals surface area (Å²) in [6.07, 6.45) is 0.474. The molecule has 3 N–H and O–H groups in total. The Labute approximate surface area is 206 Å². The number of aliphatic hydroxyl groups is 1. The standard InChI is InChI=1S/C25H26ClN5O4/c1-29-20-11-15(14-32)8-9-18(20)21-22(23(29)33)31(12-16-5-2-3-7-19(16)26)24(28-21)30-10-4-6-17(13-30)27-25(34)35/h2-3,5,7-9,11,17,27,32H,4,6,10,12-14H2,1H3,(H,34,35)/t17-/m1/s1. The number of halogens is 1. The summed E-state index contributed by atoms with van der Waals surface area (Å²) in [7, 11) is 1.71. The quantitative estimate of drug-likeness (QED) is 0.391. The lowest BCUT2D eigenvalue weighted by Gasteiger charge is -2.33. The molecule has 1 atom stereocenters. The minimum absolute atomic E-state index is 0.125. The molecule has 1 saturated heterocycles. The van der Waals surface area contributed by atoms with Crippen LogP contribution in [0.4, 0.5) is 10.7 Å². The number of aromatic nitrogens is 3. The Balaban J connectivity index is 1.74. The van der Waals surface area contributed by atoms with Crippen molar-refractivity contribution in [3.63, 3.8) is 0 Å². The lowest BCUT2D eigenvalue weighted by atomic mass is 10.1. The highest BCUT2D eigenvalue weighted by Gasteiger charge is 2.28. The summed E-state index contributed by atoms with van der Waals surface area (Å²) < 4.78 is 3.47. The molecule has 0 aliphatic carbocycles. The molecule has 1 amide bonds. The molecule has 1 fully saturated rings. The van der Waals surface area contributed by atoms with Gasteiger partial charge >= 0.3 is 6.09 Å². The van der Waals surface area contributed by atoms with Gasteiger partial charge in [0.1, 0.15) is 11.0 Å². The third-order valence-electron chi connectivity index (χ3n) is 6.63. The number of amides is 1. The third kappa shape index (κ3) is 4.21. The van der Waals surface area contributed by atoms with Gasteiger partial charge < -0.3 is 29.6 Å². The molecule has 1 aliphatic rings. The number of aryl methyl sites for hydroxylation is 1. The van der Waals surface area contributed by atoms with Crippen molar-refractivity contribution < 1.29 is 15.0 Å². The van der Waals surface area contributed by atoms with Crippen LogP contribution in [-0.4, -0.2) is 49.6 Å². The molecule has 35 heavy (non-hydrogen) atoms. The number of benzene rings is 2. The maximum atomic E-state index is 13.6. The Morgan fingerprint density at radius 1 is 1.26 bits per heavy atom. The SMILES string of the molecule is Cn1c(=O)c2c(nc(N3CCC[C@@H](NC(=O)O)C3)n2Cc2ccccc2Cl)c2ccc(CO)cc21. The first kappa shape index (κ1) is 23.2. The summed E-state index contributed by atoms with van der Waals surface area (Å²) in [5, 5.41) is 22.8. The topological polar surface area (TPSA) is 113 Å². The number of hydrogen-bond acceptors (Lipinski definition) is 5. The summed E-state index contributed by atoms with van der Waals surface area (Å²) in [6.45, 7) is 1.36. The summed E-state index contributed by atoms with van der Waals surface area (Å²) in [4.78, 5) is 31.9. The van der Waals surface area contributed by atoms with Crippen LogP contribution in [0.25, 0.3) is 21.9 Å². The van der Waals surface area contributed by atoms with Crippen molar-refractivity contribution in [2.45, 2.75) is 32.0 Å². The van der Waals surface area contributed by atoms with Crippen LogP contribution in [-0.2, 0) is 20.2 Å². The number of nitrogens with zero attached hydrogens (tertiary/aromatic N) is 4. The largest absolute Gasteiger partial charge is 0.465 e. The third-order valence-corrected chi connectivity index (χ3v) is 7.00. The monoisotopic (exact) mass is 495 g/mol. The van der Waals surface area contributed by atoms with Crippen LogP contribution < -0.4 is 15.8 Å². The zero-order chi connectivity index (χ0) is 24.7. The molecule has 182 valence electrons. The van der Waals surface area contributed by atoms with Gasteiger partial charge in [0.2, 0.25) is 5.95 Å². The average Bonchev–Trinajstić information content (AvgIpc) is 3.22. The Bertz CT molecular complexity index is 1500. The molecule has 0 bridgehead atoms. The van der Waals surface area contributed by atoms with E-state index in [2.05, 4.69) is 5.32 Å². The molecule has 0 saturated carbocycles. The van der Waals surface area contributed by atoms with E-state index < -0.39 is 6.09 Å². The summed E-state index contributed by atoms with van der Waals surface area (Å²) in [6, 6.07) is 12.8. The van der Waals surface area contributed by atoms with E-state index >= 15 is 0 Å². The van der Waals surface area contributed by atoms with Crippen molar-refractivity contribution in [1.82, 2.24) is 19.4 Å². The number of nitrogens with one attached hydrogen (secondary N) is 1. The number of aliphatic hydroxyl groups excluding tert-OH is 1. The predicted octanol–water partition coefficient (Wildman–Crippen LogP) is 3.32. The number of carbonyl (C=O) groups is 1. The first-order valence-electron chi connectivity index (χ1n) is 11.5. The highest BCUT2D eigenvalue weighted by molar-refractivity contribution is 6.31. The number of imidazole rings is 1. The maximum absolute atomic E-state index is 13.6. The highest BCUT2D eigenvalue weighted by Crippen LogP contribution is 2.30. The molecule has 0 radical (unpaired) electrons. The molecule has 10 heteroatoms. The Morgan fingerprint density at radius 2 is 2.06 bits per heavy atom. The van der Waals surface area contributed by atoms with Crippen LogP contribution in [0.2, 0.25) is 5.02 Å². The summed E-state index contributed by atoms with van der Waals surface area (Å²) in [5.41, 5.74) is 3.08. The van der Waals surface area contributed by atoms with Crippen LogP contribution in [0.3, 0.4) is 0 Å². The van der Waals surface area contributed by atoms with Gasteiger partial charge in [0.05, 0.1) is 18.7 Å². The van der Waals surface area contributed by atoms with E-state index in [9.17, 15) is 19.8 Å². The van der Waals surface area contributed by atoms with Crippen LogP contribution in [0.15, 0.2) is 47.3 Å². The average molecular weight is 496 g/mol. The fourth-order valence-corrected chi connectivity index (χ4v) is 5.10.